The Bertz CT molecular complexity index is 1190. The van der Waals surface area contributed by atoms with Gasteiger partial charge in [-0.3, -0.25) is 14.5 Å². The molecule has 0 bridgehead atoms. The van der Waals surface area contributed by atoms with Gasteiger partial charge in [0.1, 0.15) is 18.1 Å². The van der Waals surface area contributed by atoms with Crippen molar-refractivity contribution in [3.63, 3.8) is 0 Å². The van der Waals surface area contributed by atoms with Gasteiger partial charge >= 0.3 is 0 Å². The average molecular weight is 523 g/mol. The number of carbonyl (C=O) groups is 2. The topological polar surface area (TPSA) is 109 Å². The van der Waals surface area contributed by atoms with Crippen molar-refractivity contribution in [1.82, 2.24) is 9.80 Å². The molecule has 0 unspecified atom stereocenters. The smallest absolute Gasteiger partial charge is 0.295 e. The van der Waals surface area contributed by atoms with Gasteiger partial charge in [0, 0.05) is 31.7 Å². The number of Topliss-reactive ketones (excluding diaryl/α,β-unsaturated/α-hetero) is 1. The zero-order valence-electron chi connectivity index (χ0n) is 21.6. The van der Waals surface area contributed by atoms with Crippen LogP contribution in [0.2, 0.25) is 0 Å². The molecule has 9 nitrogen and oxygen atoms in total. The summed E-state index contributed by atoms with van der Waals surface area (Å²) in [7, 11) is 0. The lowest BCUT2D eigenvalue weighted by atomic mass is 9.95. The number of aromatic hydroxyl groups is 1. The molecule has 9 heteroatoms. The summed E-state index contributed by atoms with van der Waals surface area (Å²) in [5.41, 5.74) is 0.939. The number of phenolic OH excluding ortho intramolecular Hbond substituents is 1. The van der Waals surface area contributed by atoms with E-state index in [0.29, 0.717) is 56.3 Å². The van der Waals surface area contributed by atoms with E-state index < -0.39 is 17.7 Å². The maximum Gasteiger partial charge on any atom is 0.295 e. The molecule has 2 heterocycles. The van der Waals surface area contributed by atoms with Crippen LogP contribution < -0.4 is 9.47 Å². The molecule has 0 aliphatic carbocycles. The first-order valence-corrected chi connectivity index (χ1v) is 12.8. The Hall–Kier alpha value is -3.82. The molecule has 0 radical (unpaired) electrons. The number of hydrogen-bond acceptors (Lipinski definition) is 8. The summed E-state index contributed by atoms with van der Waals surface area (Å²) in [4.78, 5) is 30.3. The van der Waals surface area contributed by atoms with Crippen molar-refractivity contribution in [2.24, 2.45) is 0 Å². The van der Waals surface area contributed by atoms with Crippen LogP contribution in [-0.2, 0) is 14.3 Å². The van der Waals surface area contributed by atoms with E-state index in [9.17, 15) is 19.8 Å². The summed E-state index contributed by atoms with van der Waals surface area (Å²) >= 11 is 0. The van der Waals surface area contributed by atoms with E-state index in [4.69, 9.17) is 14.2 Å². The molecular formula is C29H34N2O7. The number of carbonyl (C=O) groups excluding carboxylic acids is 2. The van der Waals surface area contributed by atoms with Gasteiger partial charge in [-0.25, -0.2) is 0 Å². The zero-order valence-corrected chi connectivity index (χ0v) is 21.6. The van der Waals surface area contributed by atoms with Crippen LogP contribution in [0.1, 0.15) is 30.5 Å². The molecule has 2 aliphatic rings. The molecule has 1 amide bonds. The first kappa shape index (κ1) is 27.2. The summed E-state index contributed by atoms with van der Waals surface area (Å²) in [6.07, 6.45) is 2.28. The molecule has 2 aromatic carbocycles. The minimum Gasteiger partial charge on any atom is -0.507 e. The van der Waals surface area contributed by atoms with E-state index in [1.807, 2.05) is 0 Å². The molecule has 2 N–H and O–H groups in total. The fourth-order valence-corrected chi connectivity index (χ4v) is 4.74. The van der Waals surface area contributed by atoms with Gasteiger partial charge in [-0.1, -0.05) is 18.7 Å². The lowest BCUT2D eigenvalue weighted by Crippen LogP contribution is -2.38. The Morgan fingerprint density at radius 2 is 1.84 bits per heavy atom. The monoisotopic (exact) mass is 522 g/mol. The number of ether oxygens (including phenoxy) is 3. The van der Waals surface area contributed by atoms with E-state index in [1.165, 1.54) is 11.0 Å². The van der Waals surface area contributed by atoms with Crippen molar-refractivity contribution in [1.29, 1.82) is 0 Å². The van der Waals surface area contributed by atoms with Crippen LogP contribution in [-0.4, -0.2) is 84.3 Å². The lowest BCUT2D eigenvalue weighted by Gasteiger charge is -2.29. The largest absolute Gasteiger partial charge is 0.507 e. The molecule has 2 aliphatic heterocycles. The van der Waals surface area contributed by atoms with Crippen molar-refractivity contribution in [2.45, 2.75) is 19.4 Å². The van der Waals surface area contributed by atoms with E-state index >= 15 is 0 Å². The number of phenols is 1. The Morgan fingerprint density at radius 1 is 1.11 bits per heavy atom. The van der Waals surface area contributed by atoms with Gasteiger partial charge in [-0.05, 0) is 55.3 Å². The Labute approximate surface area is 222 Å². The summed E-state index contributed by atoms with van der Waals surface area (Å²) in [5, 5.41) is 21.5. The van der Waals surface area contributed by atoms with Gasteiger partial charge < -0.3 is 29.3 Å². The molecule has 0 aromatic heterocycles. The quantitative estimate of drug-likeness (QED) is 0.200. The predicted octanol–water partition coefficient (Wildman–Crippen LogP) is 3.50. The third kappa shape index (κ3) is 6.00. The standard InChI is InChI=1S/C29H34N2O7/c1-3-16-38-22-9-6-20(7-10-22)27(33)25-26(21-8-11-23(32)24(19-21)37-4-2)31(29(35)28(25)34)13-5-12-30-14-17-36-18-15-30/h3,6-11,19,26,32-33H,1,4-5,12-18H2,2H3/t26-/m0/s1. The first-order chi connectivity index (χ1) is 18.4. The van der Waals surface area contributed by atoms with Gasteiger partial charge in [-0.2, -0.15) is 0 Å². The normalized spacial score (nSPS) is 19.5. The van der Waals surface area contributed by atoms with Crippen LogP contribution in [0.3, 0.4) is 0 Å². The van der Waals surface area contributed by atoms with Crippen LogP contribution in [0.15, 0.2) is 60.7 Å². The van der Waals surface area contributed by atoms with Crippen LogP contribution in [0.4, 0.5) is 0 Å². The predicted molar refractivity (Wildman–Crippen MR) is 142 cm³/mol. The van der Waals surface area contributed by atoms with Crippen molar-refractivity contribution in [2.75, 3.05) is 52.6 Å². The lowest BCUT2D eigenvalue weighted by molar-refractivity contribution is -0.140. The fourth-order valence-electron chi connectivity index (χ4n) is 4.74. The Kier molecular flexibility index (Phi) is 9.04. The van der Waals surface area contributed by atoms with E-state index in [0.717, 1.165) is 19.6 Å². The van der Waals surface area contributed by atoms with E-state index in [-0.39, 0.29) is 22.8 Å². The number of benzene rings is 2. The Balaban J connectivity index is 1.69. The number of hydrogen-bond donors (Lipinski definition) is 2. The highest BCUT2D eigenvalue weighted by Crippen LogP contribution is 2.42. The second-order valence-electron chi connectivity index (χ2n) is 9.08. The van der Waals surface area contributed by atoms with Crippen LogP contribution in [0, 0.1) is 0 Å². The molecule has 1 atom stereocenters. The zero-order chi connectivity index (χ0) is 27.1. The van der Waals surface area contributed by atoms with Gasteiger partial charge in [0.2, 0.25) is 0 Å². The maximum absolute atomic E-state index is 13.3. The van der Waals surface area contributed by atoms with Gasteiger partial charge in [0.25, 0.3) is 11.7 Å². The van der Waals surface area contributed by atoms with Gasteiger partial charge in [0.05, 0.1) is 31.4 Å². The van der Waals surface area contributed by atoms with Crippen molar-refractivity contribution < 1.29 is 34.0 Å². The van der Waals surface area contributed by atoms with Crippen molar-refractivity contribution in [3.8, 4) is 17.2 Å². The fraction of sp³-hybridized carbons (Fsp3) is 0.379. The molecular weight excluding hydrogens is 488 g/mol. The minimum absolute atomic E-state index is 0.00530. The number of aliphatic hydroxyl groups is 1. The van der Waals surface area contributed by atoms with Crippen molar-refractivity contribution >= 4 is 17.4 Å². The third-order valence-corrected chi connectivity index (χ3v) is 6.61. The highest BCUT2D eigenvalue weighted by atomic mass is 16.5. The summed E-state index contributed by atoms with van der Waals surface area (Å²) in [6.45, 7) is 10.2. The van der Waals surface area contributed by atoms with Crippen LogP contribution in [0.5, 0.6) is 17.2 Å². The number of likely N-dealkylation sites (tertiary alicyclic amines) is 1. The number of rotatable bonds is 11. The maximum atomic E-state index is 13.3. The molecule has 0 spiro atoms. The van der Waals surface area contributed by atoms with Gasteiger partial charge in [-0.15, -0.1) is 0 Å². The average Bonchev–Trinajstić information content (AvgIpc) is 3.19. The molecule has 38 heavy (non-hydrogen) atoms. The number of ketones is 1. The van der Waals surface area contributed by atoms with Gasteiger partial charge in [0.15, 0.2) is 11.5 Å². The summed E-state index contributed by atoms with van der Waals surface area (Å²) < 4.78 is 16.5. The second kappa shape index (κ2) is 12.6. The van der Waals surface area contributed by atoms with Crippen LogP contribution in [0.25, 0.3) is 5.76 Å². The number of amides is 1. The molecule has 2 fully saturated rings. The number of morpholine rings is 1. The SMILES string of the molecule is C=CCOc1ccc(C(O)=C2C(=O)C(=O)N(CCCN3CCOCC3)[C@H]2c2ccc(O)c(OCC)c2)cc1. The highest BCUT2D eigenvalue weighted by molar-refractivity contribution is 6.46. The molecule has 0 saturated carbocycles. The van der Waals surface area contributed by atoms with Crippen LogP contribution >= 0.6 is 0 Å². The summed E-state index contributed by atoms with van der Waals surface area (Å²) in [6, 6.07) is 10.5. The molecule has 2 saturated heterocycles. The minimum atomic E-state index is -0.837. The molecule has 4 rings (SSSR count). The van der Waals surface area contributed by atoms with Crippen molar-refractivity contribution in [3.05, 3.63) is 71.8 Å². The number of aliphatic hydroxyl groups excluding tert-OH is 1. The second-order valence-corrected chi connectivity index (χ2v) is 9.08. The first-order valence-electron chi connectivity index (χ1n) is 12.8. The Morgan fingerprint density at radius 3 is 2.53 bits per heavy atom. The molecule has 202 valence electrons. The van der Waals surface area contributed by atoms with E-state index in [1.54, 1.807) is 49.4 Å². The molecule has 2 aromatic rings. The number of nitrogens with zero attached hydrogens (tertiary/aromatic N) is 2. The summed E-state index contributed by atoms with van der Waals surface area (Å²) in [5.74, 6) is -0.915. The highest BCUT2D eigenvalue weighted by Gasteiger charge is 2.46. The third-order valence-electron chi connectivity index (χ3n) is 6.61. The van der Waals surface area contributed by atoms with E-state index in [2.05, 4.69) is 11.5 Å².